The number of nitrogens with zero attached hydrogens (tertiary/aromatic N) is 2. The van der Waals surface area contributed by atoms with Gasteiger partial charge in [0.05, 0.1) is 42.6 Å². The van der Waals surface area contributed by atoms with E-state index >= 15 is 0 Å². The fourth-order valence-electron chi connectivity index (χ4n) is 6.89. The van der Waals surface area contributed by atoms with Gasteiger partial charge in [0.25, 0.3) is 5.56 Å². The maximum atomic E-state index is 13.6. The van der Waals surface area contributed by atoms with E-state index in [1.54, 1.807) is 23.6 Å². The second-order valence-electron chi connectivity index (χ2n) is 11.9. The second-order valence-corrected chi connectivity index (χ2v) is 11.9. The SMILES string of the molecule is CC[C@@]1(O)COCc2c1cc1n(c2=O)Cc2c-1nc1ccc(NC(=O)[C@@H](C)C(C(N)=O)C(C)C)c3c1c2C(=O)CC3. The van der Waals surface area contributed by atoms with Crippen LogP contribution in [0.25, 0.3) is 22.3 Å². The Balaban J connectivity index is 1.48. The fourth-order valence-corrected chi connectivity index (χ4v) is 6.89. The Hall–Kier alpha value is -3.89. The molecule has 1 unspecified atom stereocenters. The molecular weight excluding hydrogens is 524 g/mol. The number of hydrogen-bond acceptors (Lipinski definition) is 7. The van der Waals surface area contributed by atoms with Crippen LogP contribution in [0.3, 0.4) is 0 Å². The van der Waals surface area contributed by atoms with Crippen LogP contribution in [0.5, 0.6) is 0 Å². The number of aliphatic hydroxyl groups is 1. The highest BCUT2D eigenvalue weighted by Crippen LogP contribution is 2.43. The number of Topliss-reactive ketones (excluding diaryl/α,β-unsaturated/α-hetero) is 1. The molecule has 41 heavy (non-hydrogen) atoms. The highest BCUT2D eigenvalue weighted by atomic mass is 16.5. The van der Waals surface area contributed by atoms with Crippen molar-refractivity contribution in [3.05, 3.63) is 56.4 Å². The third kappa shape index (κ3) is 4.03. The van der Waals surface area contributed by atoms with Gasteiger partial charge in [-0.2, -0.15) is 0 Å². The van der Waals surface area contributed by atoms with Crippen molar-refractivity contribution in [3.63, 3.8) is 0 Å². The van der Waals surface area contributed by atoms with Gasteiger partial charge < -0.3 is 25.5 Å². The van der Waals surface area contributed by atoms with Crippen molar-refractivity contribution >= 4 is 34.2 Å². The lowest BCUT2D eigenvalue weighted by molar-refractivity contribution is -0.131. The van der Waals surface area contributed by atoms with Crippen LogP contribution in [0.4, 0.5) is 5.69 Å². The summed E-state index contributed by atoms with van der Waals surface area (Å²) >= 11 is 0. The predicted octanol–water partition coefficient (Wildman–Crippen LogP) is 3.01. The molecule has 0 radical (unpaired) electrons. The van der Waals surface area contributed by atoms with Crippen molar-refractivity contribution in [3.8, 4) is 11.4 Å². The van der Waals surface area contributed by atoms with E-state index in [9.17, 15) is 24.3 Å². The van der Waals surface area contributed by atoms with E-state index in [1.165, 1.54) is 0 Å². The molecular formula is C31H34N4O6. The third-order valence-electron chi connectivity index (χ3n) is 9.13. The molecule has 0 bridgehead atoms. The Labute approximate surface area is 236 Å². The molecule has 10 nitrogen and oxygen atoms in total. The van der Waals surface area contributed by atoms with Gasteiger partial charge in [-0.1, -0.05) is 27.7 Å². The van der Waals surface area contributed by atoms with Gasteiger partial charge in [0.15, 0.2) is 5.78 Å². The molecule has 0 saturated carbocycles. The van der Waals surface area contributed by atoms with Crippen molar-refractivity contribution in [2.75, 3.05) is 11.9 Å². The number of fused-ring (bicyclic) bond motifs is 5. The molecule has 10 heteroatoms. The van der Waals surface area contributed by atoms with Crippen LogP contribution in [0.2, 0.25) is 0 Å². The van der Waals surface area contributed by atoms with Crippen molar-refractivity contribution in [2.24, 2.45) is 23.5 Å². The number of ether oxygens (including phenoxy) is 1. The molecule has 0 spiro atoms. The molecule has 3 atom stereocenters. The molecule has 0 saturated heterocycles. The van der Waals surface area contributed by atoms with Crippen molar-refractivity contribution in [2.45, 2.75) is 65.7 Å². The molecule has 3 aromatic rings. The monoisotopic (exact) mass is 558 g/mol. The van der Waals surface area contributed by atoms with Crippen LogP contribution < -0.4 is 16.6 Å². The zero-order valence-electron chi connectivity index (χ0n) is 23.7. The van der Waals surface area contributed by atoms with Crippen LogP contribution >= 0.6 is 0 Å². The smallest absolute Gasteiger partial charge is 0.257 e. The van der Waals surface area contributed by atoms with Gasteiger partial charge in [-0.15, -0.1) is 0 Å². The summed E-state index contributed by atoms with van der Waals surface area (Å²) in [5.74, 6) is -2.24. The summed E-state index contributed by atoms with van der Waals surface area (Å²) < 4.78 is 7.19. The van der Waals surface area contributed by atoms with Gasteiger partial charge in [-0.05, 0) is 48.1 Å². The van der Waals surface area contributed by atoms with Gasteiger partial charge in [-0.3, -0.25) is 19.2 Å². The summed E-state index contributed by atoms with van der Waals surface area (Å²) in [6, 6.07) is 5.37. The van der Waals surface area contributed by atoms with Crippen LogP contribution in [0.1, 0.15) is 73.1 Å². The zero-order valence-corrected chi connectivity index (χ0v) is 23.7. The lowest BCUT2D eigenvalue weighted by Crippen LogP contribution is -2.40. The van der Waals surface area contributed by atoms with E-state index in [1.807, 2.05) is 26.8 Å². The van der Waals surface area contributed by atoms with Crippen molar-refractivity contribution in [1.82, 2.24) is 9.55 Å². The highest BCUT2D eigenvalue weighted by molar-refractivity contribution is 6.15. The van der Waals surface area contributed by atoms with E-state index in [4.69, 9.17) is 15.5 Å². The topological polar surface area (TPSA) is 154 Å². The maximum Gasteiger partial charge on any atom is 0.257 e. The molecule has 1 aliphatic carbocycles. The number of rotatable bonds is 6. The van der Waals surface area contributed by atoms with Gasteiger partial charge in [0, 0.05) is 40.1 Å². The van der Waals surface area contributed by atoms with E-state index in [-0.39, 0.29) is 49.3 Å². The fraction of sp³-hybridized carbons (Fsp3) is 0.452. The van der Waals surface area contributed by atoms with Gasteiger partial charge in [0.1, 0.15) is 5.60 Å². The van der Waals surface area contributed by atoms with Gasteiger partial charge in [0.2, 0.25) is 11.8 Å². The Bertz CT molecular complexity index is 1720. The Morgan fingerprint density at radius 1 is 1.17 bits per heavy atom. The Morgan fingerprint density at radius 2 is 1.93 bits per heavy atom. The lowest BCUT2D eigenvalue weighted by atomic mass is 9.82. The highest BCUT2D eigenvalue weighted by Gasteiger charge is 2.39. The minimum Gasteiger partial charge on any atom is -0.383 e. The Kier molecular flexibility index (Phi) is 6.39. The van der Waals surface area contributed by atoms with Gasteiger partial charge in [-0.25, -0.2) is 4.98 Å². The number of aromatic nitrogens is 2. The Morgan fingerprint density at radius 3 is 2.61 bits per heavy atom. The minimum absolute atomic E-state index is 0.0365. The first-order chi connectivity index (χ1) is 19.5. The molecule has 2 aromatic heterocycles. The predicted molar refractivity (Wildman–Crippen MR) is 152 cm³/mol. The first kappa shape index (κ1) is 27.3. The molecule has 4 N–H and O–H groups in total. The molecule has 0 fully saturated rings. The number of pyridine rings is 2. The van der Waals surface area contributed by atoms with Crippen LogP contribution in [0, 0.1) is 17.8 Å². The summed E-state index contributed by atoms with van der Waals surface area (Å²) in [6.07, 6.45) is 1.07. The molecule has 6 rings (SSSR count). The first-order valence-electron chi connectivity index (χ1n) is 14.2. The average molecular weight is 559 g/mol. The molecule has 3 aliphatic rings. The summed E-state index contributed by atoms with van der Waals surface area (Å²) in [6.45, 7) is 7.67. The summed E-state index contributed by atoms with van der Waals surface area (Å²) in [5.41, 5.74) is 9.37. The lowest BCUT2D eigenvalue weighted by Gasteiger charge is -2.33. The normalized spacial score (nSPS) is 20.4. The number of ketones is 1. The van der Waals surface area contributed by atoms with Crippen LogP contribution in [0.15, 0.2) is 23.0 Å². The minimum atomic E-state index is -1.27. The number of anilines is 1. The maximum absolute atomic E-state index is 13.6. The second kappa shape index (κ2) is 9.60. The summed E-state index contributed by atoms with van der Waals surface area (Å²) in [4.78, 5) is 57.3. The number of carbonyl (C=O) groups excluding carboxylic acids is 3. The average Bonchev–Trinajstić information content (AvgIpc) is 3.30. The third-order valence-corrected chi connectivity index (χ3v) is 9.13. The number of nitrogens with two attached hydrogens (primary N) is 1. The number of nitrogens with one attached hydrogen (secondary N) is 1. The van der Waals surface area contributed by atoms with E-state index in [2.05, 4.69) is 5.32 Å². The molecule has 1 aromatic carbocycles. The van der Waals surface area contributed by atoms with Crippen molar-refractivity contribution in [1.29, 1.82) is 0 Å². The summed E-state index contributed by atoms with van der Waals surface area (Å²) in [7, 11) is 0. The van der Waals surface area contributed by atoms with Gasteiger partial charge >= 0.3 is 0 Å². The van der Waals surface area contributed by atoms with E-state index in [0.717, 1.165) is 5.56 Å². The number of aryl methyl sites for hydroxylation is 1. The molecule has 2 aliphatic heterocycles. The number of amides is 2. The standard InChI is InChI=1S/C31H34N4O6/c1-5-31(40)13-41-12-18-19(31)10-22-27-17(11-35(22)30(18)39)26-23(36)9-6-16-20(7-8-21(33-27)25(16)26)34-29(38)15(4)24(14(2)3)28(32)37/h7-8,10,14-15,24,40H,5-6,9,11-13H2,1-4H3,(H2,32,37)(H,34,38)/t15-,24?,31+/m0/s1. The van der Waals surface area contributed by atoms with E-state index < -0.39 is 23.3 Å². The van der Waals surface area contributed by atoms with E-state index in [0.29, 0.717) is 63.1 Å². The number of primary amides is 1. The van der Waals surface area contributed by atoms with Crippen molar-refractivity contribution < 1.29 is 24.2 Å². The number of benzene rings is 1. The quantitative estimate of drug-likeness (QED) is 0.329. The number of carbonyl (C=O) groups is 3. The molecule has 214 valence electrons. The number of hydrogen-bond donors (Lipinski definition) is 3. The van der Waals surface area contributed by atoms with Crippen LogP contribution in [-0.4, -0.2) is 38.9 Å². The molecule has 2 amide bonds. The largest absolute Gasteiger partial charge is 0.383 e. The molecule has 4 heterocycles. The zero-order chi connectivity index (χ0) is 29.4. The first-order valence-corrected chi connectivity index (χ1v) is 14.2. The summed E-state index contributed by atoms with van der Waals surface area (Å²) in [5, 5.41) is 14.9. The van der Waals surface area contributed by atoms with Crippen LogP contribution in [-0.2, 0) is 39.5 Å².